The van der Waals surface area contributed by atoms with Gasteiger partial charge in [0.15, 0.2) is 0 Å². The Hall–Kier alpha value is -1.68. The van der Waals surface area contributed by atoms with Crippen molar-refractivity contribution in [2.45, 2.75) is 26.9 Å². The molecule has 2 rings (SSSR count). The van der Waals surface area contributed by atoms with Crippen LogP contribution in [0, 0.1) is 5.92 Å². The number of hydrogen-bond donors (Lipinski definition) is 1. The molecule has 0 aliphatic rings. The first-order valence-electron chi connectivity index (χ1n) is 6.35. The maximum Gasteiger partial charge on any atom is 0.137 e. The van der Waals surface area contributed by atoms with Crippen LogP contribution in [0.4, 0.5) is 0 Å². The first-order valence-corrected chi connectivity index (χ1v) is 6.35. The molecule has 96 valence electrons. The molecule has 0 saturated heterocycles. The quantitative estimate of drug-likeness (QED) is 0.846. The number of benzene rings is 1. The molecule has 0 fully saturated rings. The highest BCUT2D eigenvalue weighted by molar-refractivity contribution is 5.22. The summed E-state index contributed by atoms with van der Waals surface area (Å²) in [5, 5.41) is 7.53. The predicted octanol–water partition coefficient (Wildman–Crippen LogP) is 2.07. The summed E-state index contributed by atoms with van der Waals surface area (Å²) in [5.41, 5.74) is 2.56. The van der Waals surface area contributed by atoms with Crippen LogP contribution in [-0.2, 0) is 13.1 Å². The summed E-state index contributed by atoms with van der Waals surface area (Å²) in [5.74, 6) is 0.691. The fourth-order valence-corrected chi connectivity index (χ4v) is 1.77. The van der Waals surface area contributed by atoms with Crippen LogP contribution in [0.25, 0.3) is 0 Å². The Morgan fingerprint density at radius 2 is 1.89 bits per heavy atom. The van der Waals surface area contributed by atoms with Gasteiger partial charge in [-0.2, -0.15) is 5.10 Å². The minimum absolute atomic E-state index is 0.691. The van der Waals surface area contributed by atoms with E-state index in [1.165, 1.54) is 11.1 Å². The van der Waals surface area contributed by atoms with E-state index in [9.17, 15) is 0 Å². The van der Waals surface area contributed by atoms with Crippen LogP contribution in [0.5, 0.6) is 0 Å². The molecule has 0 amide bonds. The van der Waals surface area contributed by atoms with Crippen molar-refractivity contribution in [2.75, 3.05) is 6.54 Å². The Kier molecular flexibility index (Phi) is 4.47. The molecule has 2 aromatic rings. The molecule has 1 heterocycles. The molecule has 4 nitrogen and oxygen atoms in total. The van der Waals surface area contributed by atoms with Crippen LogP contribution < -0.4 is 5.32 Å². The Labute approximate surface area is 108 Å². The van der Waals surface area contributed by atoms with Crippen molar-refractivity contribution >= 4 is 0 Å². The average Bonchev–Trinajstić information content (AvgIpc) is 2.84. The van der Waals surface area contributed by atoms with Crippen molar-refractivity contribution in [3.05, 3.63) is 48.0 Å². The summed E-state index contributed by atoms with van der Waals surface area (Å²) in [6.45, 7) is 7.20. The molecule has 1 aromatic carbocycles. The van der Waals surface area contributed by atoms with Crippen LogP contribution in [0.3, 0.4) is 0 Å². The van der Waals surface area contributed by atoms with Gasteiger partial charge in [-0.05, 0) is 23.6 Å². The van der Waals surface area contributed by atoms with Gasteiger partial charge in [0.25, 0.3) is 0 Å². The molecule has 0 bridgehead atoms. The second-order valence-electron chi connectivity index (χ2n) is 4.93. The molecule has 0 saturated carbocycles. The topological polar surface area (TPSA) is 42.7 Å². The van der Waals surface area contributed by atoms with Crippen LogP contribution in [0.1, 0.15) is 25.0 Å². The lowest BCUT2D eigenvalue weighted by Gasteiger charge is -2.08. The standard InChI is InChI=1S/C14H20N4/c1-12(2)7-15-8-13-3-5-14(6-4-13)9-18-11-16-10-17-18/h3-6,10-12,15H,7-9H2,1-2H3. The second kappa shape index (κ2) is 6.31. The average molecular weight is 244 g/mol. The summed E-state index contributed by atoms with van der Waals surface area (Å²) >= 11 is 0. The number of hydrogen-bond acceptors (Lipinski definition) is 3. The monoisotopic (exact) mass is 244 g/mol. The normalized spacial score (nSPS) is 11.1. The van der Waals surface area contributed by atoms with Gasteiger partial charge >= 0.3 is 0 Å². The van der Waals surface area contributed by atoms with Crippen molar-refractivity contribution in [2.24, 2.45) is 5.92 Å². The van der Waals surface area contributed by atoms with Gasteiger partial charge in [-0.1, -0.05) is 38.1 Å². The zero-order valence-electron chi connectivity index (χ0n) is 11.0. The minimum atomic E-state index is 0.691. The SMILES string of the molecule is CC(C)CNCc1ccc(Cn2cncn2)cc1. The van der Waals surface area contributed by atoms with Crippen LogP contribution in [-0.4, -0.2) is 21.3 Å². The fourth-order valence-electron chi connectivity index (χ4n) is 1.77. The van der Waals surface area contributed by atoms with E-state index in [1.807, 2.05) is 4.68 Å². The van der Waals surface area contributed by atoms with Crippen molar-refractivity contribution in [1.82, 2.24) is 20.1 Å². The Balaban J connectivity index is 1.85. The van der Waals surface area contributed by atoms with Gasteiger partial charge in [0.1, 0.15) is 12.7 Å². The largest absolute Gasteiger partial charge is 0.312 e. The van der Waals surface area contributed by atoms with Crippen molar-refractivity contribution in [3.63, 3.8) is 0 Å². The van der Waals surface area contributed by atoms with Crippen molar-refractivity contribution in [3.8, 4) is 0 Å². The zero-order chi connectivity index (χ0) is 12.8. The van der Waals surface area contributed by atoms with Gasteiger partial charge in [0.05, 0.1) is 6.54 Å². The van der Waals surface area contributed by atoms with E-state index in [0.717, 1.165) is 19.6 Å². The fraction of sp³-hybridized carbons (Fsp3) is 0.429. The smallest absolute Gasteiger partial charge is 0.137 e. The molecule has 0 radical (unpaired) electrons. The minimum Gasteiger partial charge on any atom is -0.312 e. The Morgan fingerprint density at radius 3 is 2.50 bits per heavy atom. The van der Waals surface area contributed by atoms with E-state index in [0.29, 0.717) is 5.92 Å². The number of nitrogens with zero attached hydrogens (tertiary/aromatic N) is 3. The molecule has 18 heavy (non-hydrogen) atoms. The molecule has 1 aromatic heterocycles. The second-order valence-corrected chi connectivity index (χ2v) is 4.93. The molecular weight excluding hydrogens is 224 g/mol. The number of nitrogens with one attached hydrogen (secondary N) is 1. The van der Waals surface area contributed by atoms with Crippen LogP contribution in [0.15, 0.2) is 36.9 Å². The van der Waals surface area contributed by atoms with E-state index in [2.05, 4.69) is 53.5 Å². The Morgan fingerprint density at radius 1 is 1.17 bits per heavy atom. The number of aromatic nitrogens is 3. The van der Waals surface area contributed by atoms with E-state index < -0.39 is 0 Å². The third kappa shape index (κ3) is 3.96. The highest BCUT2D eigenvalue weighted by Gasteiger charge is 1.98. The zero-order valence-corrected chi connectivity index (χ0v) is 11.0. The summed E-state index contributed by atoms with van der Waals surface area (Å²) in [4.78, 5) is 3.93. The van der Waals surface area contributed by atoms with Crippen LogP contribution >= 0.6 is 0 Å². The highest BCUT2D eigenvalue weighted by atomic mass is 15.3. The first kappa shape index (κ1) is 12.8. The first-order chi connectivity index (χ1) is 8.74. The van der Waals surface area contributed by atoms with Gasteiger partial charge in [-0.3, -0.25) is 0 Å². The van der Waals surface area contributed by atoms with Gasteiger partial charge in [-0.25, -0.2) is 9.67 Å². The predicted molar refractivity (Wildman–Crippen MR) is 72.1 cm³/mol. The summed E-state index contributed by atoms with van der Waals surface area (Å²) in [7, 11) is 0. The third-order valence-electron chi connectivity index (χ3n) is 2.72. The van der Waals surface area contributed by atoms with Gasteiger partial charge in [0.2, 0.25) is 0 Å². The lowest BCUT2D eigenvalue weighted by molar-refractivity contribution is 0.552. The maximum atomic E-state index is 4.10. The molecule has 0 unspecified atom stereocenters. The Bertz CT molecular complexity index is 445. The molecule has 0 spiro atoms. The molecule has 0 aliphatic carbocycles. The molecule has 4 heteroatoms. The van der Waals surface area contributed by atoms with Crippen LogP contribution in [0.2, 0.25) is 0 Å². The molecule has 0 atom stereocenters. The van der Waals surface area contributed by atoms with Gasteiger partial charge < -0.3 is 5.32 Å². The maximum absolute atomic E-state index is 4.10. The van der Waals surface area contributed by atoms with Gasteiger partial charge in [-0.15, -0.1) is 0 Å². The van der Waals surface area contributed by atoms with Crippen molar-refractivity contribution in [1.29, 1.82) is 0 Å². The lowest BCUT2D eigenvalue weighted by Crippen LogP contribution is -2.18. The lowest BCUT2D eigenvalue weighted by atomic mass is 10.1. The van der Waals surface area contributed by atoms with E-state index in [1.54, 1.807) is 12.7 Å². The highest BCUT2D eigenvalue weighted by Crippen LogP contribution is 2.05. The summed E-state index contributed by atoms with van der Waals surface area (Å²) < 4.78 is 1.83. The van der Waals surface area contributed by atoms with E-state index in [4.69, 9.17) is 0 Å². The van der Waals surface area contributed by atoms with Gasteiger partial charge in [0, 0.05) is 6.54 Å². The van der Waals surface area contributed by atoms with E-state index >= 15 is 0 Å². The summed E-state index contributed by atoms with van der Waals surface area (Å²) in [6, 6.07) is 8.63. The van der Waals surface area contributed by atoms with Crippen molar-refractivity contribution < 1.29 is 0 Å². The van der Waals surface area contributed by atoms with E-state index in [-0.39, 0.29) is 0 Å². The molecular formula is C14H20N4. The number of rotatable bonds is 6. The summed E-state index contributed by atoms with van der Waals surface area (Å²) in [6.07, 6.45) is 3.29. The molecule has 1 N–H and O–H groups in total. The molecule has 0 aliphatic heterocycles. The third-order valence-corrected chi connectivity index (χ3v) is 2.72.